The average Bonchev–Trinajstić information content (AvgIpc) is 3.47. The summed E-state index contributed by atoms with van der Waals surface area (Å²) in [6.07, 6.45) is 2.55. The Labute approximate surface area is 201 Å². The number of hydrogen-bond donors (Lipinski definition) is 2. The van der Waals surface area contributed by atoms with E-state index in [0.29, 0.717) is 40.9 Å². The highest BCUT2D eigenvalue weighted by Crippen LogP contribution is 2.25. The van der Waals surface area contributed by atoms with Crippen LogP contribution in [-0.2, 0) is 6.54 Å². The van der Waals surface area contributed by atoms with Gasteiger partial charge in [0.15, 0.2) is 5.65 Å². The first kappa shape index (κ1) is 21.7. The monoisotopic (exact) mass is 480 g/mol. The van der Waals surface area contributed by atoms with Gasteiger partial charge in [-0.05, 0) is 36.2 Å². The van der Waals surface area contributed by atoms with Crippen LogP contribution < -0.4 is 11.1 Å². The Morgan fingerprint density at radius 3 is 2.67 bits per heavy atom. The van der Waals surface area contributed by atoms with Crippen molar-refractivity contribution in [2.24, 2.45) is 5.73 Å². The predicted molar refractivity (Wildman–Crippen MR) is 131 cm³/mol. The van der Waals surface area contributed by atoms with E-state index < -0.39 is 0 Å². The van der Waals surface area contributed by atoms with Gasteiger partial charge in [0, 0.05) is 59.0 Å². The number of anilines is 1. The van der Waals surface area contributed by atoms with E-state index in [1.807, 2.05) is 48.5 Å². The van der Waals surface area contributed by atoms with Crippen molar-refractivity contribution >= 4 is 40.6 Å². The molecule has 2 aromatic carbocycles. The topological polar surface area (TPSA) is 88.5 Å². The standard InChI is InChI=1S/C24H22Cl2N6O/c25-18-6-5-17(20(26)11-18)13-28-23-12-21(30-22-7-9-29-32(22)23)15-1-3-16(4-2-15)24(33)31-10-8-19(27)14-31/h1-7,9,11-12,19,28H,8,10,13-14,27H2/t19-/m0/s1. The van der Waals surface area contributed by atoms with Crippen molar-refractivity contribution in [1.82, 2.24) is 19.5 Å². The fourth-order valence-electron chi connectivity index (χ4n) is 3.98. The van der Waals surface area contributed by atoms with Crippen LogP contribution in [0, 0.1) is 0 Å². The molecule has 1 saturated heterocycles. The maximum Gasteiger partial charge on any atom is 0.253 e. The van der Waals surface area contributed by atoms with Crippen LogP contribution >= 0.6 is 23.2 Å². The molecule has 3 N–H and O–H groups in total. The Bertz CT molecular complexity index is 1320. The lowest BCUT2D eigenvalue weighted by molar-refractivity contribution is 0.0791. The van der Waals surface area contributed by atoms with Crippen LogP contribution in [0.3, 0.4) is 0 Å². The second kappa shape index (κ2) is 9.02. The summed E-state index contributed by atoms with van der Waals surface area (Å²) in [6.45, 7) is 1.81. The van der Waals surface area contributed by atoms with Crippen molar-refractivity contribution in [3.8, 4) is 11.3 Å². The Morgan fingerprint density at radius 1 is 1.12 bits per heavy atom. The highest BCUT2D eigenvalue weighted by molar-refractivity contribution is 6.35. The van der Waals surface area contributed by atoms with Gasteiger partial charge in [0.05, 0.1) is 11.9 Å². The molecule has 1 aliphatic rings. The number of nitrogens with one attached hydrogen (secondary N) is 1. The molecule has 1 aliphatic heterocycles. The number of halogens is 2. The quantitative estimate of drug-likeness (QED) is 0.439. The van der Waals surface area contributed by atoms with Crippen LogP contribution in [0.25, 0.3) is 16.9 Å². The molecule has 0 saturated carbocycles. The van der Waals surface area contributed by atoms with Gasteiger partial charge >= 0.3 is 0 Å². The van der Waals surface area contributed by atoms with E-state index >= 15 is 0 Å². The fourth-order valence-corrected chi connectivity index (χ4v) is 4.45. The number of benzene rings is 2. The number of nitrogens with two attached hydrogens (primary N) is 1. The highest BCUT2D eigenvalue weighted by Gasteiger charge is 2.24. The maximum absolute atomic E-state index is 12.7. The van der Waals surface area contributed by atoms with Gasteiger partial charge in [-0.1, -0.05) is 41.4 Å². The predicted octanol–water partition coefficient (Wildman–Crippen LogP) is 4.49. The smallest absolute Gasteiger partial charge is 0.253 e. The molecule has 168 valence electrons. The van der Waals surface area contributed by atoms with Gasteiger partial charge in [0.1, 0.15) is 5.82 Å². The molecular weight excluding hydrogens is 459 g/mol. The van der Waals surface area contributed by atoms with Crippen molar-refractivity contribution in [3.05, 3.63) is 82.0 Å². The molecule has 1 amide bonds. The summed E-state index contributed by atoms with van der Waals surface area (Å²) < 4.78 is 1.74. The Kier molecular flexibility index (Phi) is 5.93. The minimum Gasteiger partial charge on any atom is -0.366 e. The molecule has 7 nitrogen and oxygen atoms in total. The van der Waals surface area contributed by atoms with Crippen LogP contribution in [0.2, 0.25) is 10.0 Å². The SMILES string of the molecule is N[C@H]1CCN(C(=O)c2ccc(-c3cc(NCc4ccc(Cl)cc4Cl)n4nccc4n3)cc2)C1. The Morgan fingerprint density at radius 2 is 1.94 bits per heavy atom. The third-order valence-corrected chi connectivity index (χ3v) is 6.36. The number of likely N-dealkylation sites (tertiary alicyclic amines) is 1. The third-order valence-electron chi connectivity index (χ3n) is 5.77. The zero-order valence-electron chi connectivity index (χ0n) is 17.7. The number of aromatic nitrogens is 3. The molecule has 3 heterocycles. The largest absolute Gasteiger partial charge is 0.366 e. The minimum absolute atomic E-state index is 0.0101. The Hall–Kier alpha value is -3.13. The average molecular weight is 481 g/mol. The first-order chi connectivity index (χ1) is 16.0. The van der Waals surface area contributed by atoms with E-state index in [1.165, 1.54) is 0 Å². The number of fused-ring (bicyclic) bond motifs is 1. The summed E-state index contributed by atoms with van der Waals surface area (Å²) in [5.41, 5.74) is 9.90. The molecule has 0 spiro atoms. The van der Waals surface area contributed by atoms with Gasteiger partial charge in [0.2, 0.25) is 0 Å². The van der Waals surface area contributed by atoms with E-state index in [0.717, 1.165) is 29.1 Å². The normalized spacial score (nSPS) is 15.8. The summed E-state index contributed by atoms with van der Waals surface area (Å²) >= 11 is 12.3. The van der Waals surface area contributed by atoms with Gasteiger partial charge in [-0.15, -0.1) is 0 Å². The van der Waals surface area contributed by atoms with Crippen molar-refractivity contribution in [2.45, 2.75) is 19.0 Å². The van der Waals surface area contributed by atoms with E-state index in [1.54, 1.807) is 21.7 Å². The van der Waals surface area contributed by atoms with Gasteiger partial charge in [-0.3, -0.25) is 4.79 Å². The van der Waals surface area contributed by atoms with Crippen molar-refractivity contribution < 1.29 is 4.79 Å². The summed E-state index contributed by atoms with van der Waals surface area (Å²) in [4.78, 5) is 19.2. The molecule has 2 aromatic heterocycles. The summed E-state index contributed by atoms with van der Waals surface area (Å²) in [7, 11) is 0. The van der Waals surface area contributed by atoms with Crippen LogP contribution in [0.4, 0.5) is 5.82 Å². The molecule has 1 fully saturated rings. The first-order valence-electron chi connectivity index (χ1n) is 10.7. The number of amides is 1. The van der Waals surface area contributed by atoms with Crippen LogP contribution in [0.5, 0.6) is 0 Å². The molecule has 0 bridgehead atoms. The van der Waals surface area contributed by atoms with Gasteiger partial charge < -0.3 is 16.0 Å². The molecule has 9 heteroatoms. The maximum atomic E-state index is 12.7. The third kappa shape index (κ3) is 4.53. The number of nitrogens with zero attached hydrogens (tertiary/aromatic N) is 4. The first-order valence-corrected chi connectivity index (χ1v) is 11.4. The number of hydrogen-bond acceptors (Lipinski definition) is 5. The lowest BCUT2D eigenvalue weighted by Crippen LogP contribution is -2.31. The zero-order chi connectivity index (χ0) is 22.9. The van der Waals surface area contributed by atoms with E-state index in [2.05, 4.69) is 10.4 Å². The molecule has 1 atom stereocenters. The lowest BCUT2D eigenvalue weighted by Gasteiger charge is -2.16. The van der Waals surface area contributed by atoms with Crippen LogP contribution in [-0.4, -0.2) is 44.5 Å². The van der Waals surface area contributed by atoms with Crippen molar-refractivity contribution in [2.75, 3.05) is 18.4 Å². The van der Waals surface area contributed by atoms with E-state index in [4.69, 9.17) is 33.9 Å². The molecule has 5 rings (SSSR count). The highest BCUT2D eigenvalue weighted by atomic mass is 35.5. The molecule has 4 aromatic rings. The molecule has 0 radical (unpaired) electrons. The molecule has 0 unspecified atom stereocenters. The van der Waals surface area contributed by atoms with Gasteiger partial charge in [-0.2, -0.15) is 9.61 Å². The van der Waals surface area contributed by atoms with Crippen molar-refractivity contribution in [1.29, 1.82) is 0 Å². The molecular formula is C24H22Cl2N6O. The van der Waals surface area contributed by atoms with Crippen molar-refractivity contribution in [3.63, 3.8) is 0 Å². The van der Waals surface area contributed by atoms with Gasteiger partial charge in [0.25, 0.3) is 5.91 Å². The van der Waals surface area contributed by atoms with Gasteiger partial charge in [-0.25, -0.2) is 4.98 Å². The van der Waals surface area contributed by atoms with Crippen LogP contribution in [0.1, 0.15) is 22.3 Å². The zero-order valence-corrected chi connectivity index (χ0v) is 19.2. The van der Waals surface area contributed by atoms with E-state index in [9.17, 15) is 4.79 Å². The summed E-state index contributed by atoms with van der Waals surface area (Å²) in [5, 5.41) is 8.95. The van der Waals surface area contributed by atoms with E-state index in [-0.39, 0.29) is 11.9 Å². The molecule has 33 heavy (non-hydrogen) atoms. The second-order valence-corrected chi connectivity index (χ2v) is 8.94. The number of carbonyl (C=O) groups is 1. The number of rotatable bonds is 5. The lowest BCUT2D eigenvalue weighted by atomic mass is 10.1. The second-order valence-electron chi connectivity index (χ2n) is 8.09. The minimum atomic E-state index is 0.0101. The number of carbonyl (C=O) groups excluding carboxylic acids is 1. The Balaban J connectivity index is 1.40. The summed E-state index contributed by atoms with van der Waals surface area (Å²) in [6, 6.07) is 16.8. The fraction of sp³-hybridized carbons (Fsp3) is 0.208. The van der Waals surface area contributed by atoms with Crippen LogP contribution in [0.15, 0.2) is 60.8 Å². The summed E-state index contributed by atoms with van der Waals surface area (Å²) in [5.74, 6) is 0.785. The molecule has 0 aliphatic carbocycles.